The van der Waals surface area contributed by atoms with Crippen molar-refractivity contribution in [1.82, 2.24) is 0 Å². The fourth-order valence-corrected chi connectivity index (χ4v) is 2.15. The summed E-state index contributed by atoms with van der Waals surface area (Å²) in [6.45, 7) is 2.16. The number of aromatic nitrogens is 2. The summed E-state index contributed by atoms with van der Waals surface area (Å²) in [7, 11) is 2.06. The Morgan fingerprint density at radius 1 is 1.29 bits per heavy atom. The van der Waals surface area contributed by atoms with Crippen LogP contribution in [0.2, 0.25) is 0 Å². The van der Waals surface area contributed by atoms with Gasteiger partial charge >= 0.3 is 6.33 Å². The molecule has 1 aromatic carbocycles. The van der Waals surface area contributed by atoms with Crippen molar-refractivity contribution in [2.45, 2.75) is 6.92 Å². The highest BCUT2D eigenvalue weighted by molar-refractivity contribution is 5.95. The highest BCUT2D eigenvalue weighted by atomic mass is 15.1. The van der Waals surface area contributed by atoms with Crippen LogP contribution in [0.15, 0.2) is 36.8 Å². The van der Waals surface area contributed by atoms with E-state index in [2.05, 4.69) is 59.7 Å². The zero-order chi connectivity index (χ0) is 9.71. The number of hydrogen-bond donors (Lipinski definition) is 0. The van der Waals surface area contributed by atoms with Crippen molar-refractivity contribution in [3.63, 3.8) is 0 Å². The van der Waals surface area contributed by atoms with E-state index in [0.717, 1.165) is 0 Å². The average Bonchev–Trinajstić information content (AvgIpc) is 2.68. The molecule has 14 heavy (non-hydrogen) atoms. The molecular weight excluding hydrogens is 172 g/mol. The molecule has 2 nitrogen and oxygen atoms in total. The molecule has 0 saturated heterocycles. The Hall–Kier alpha value is -1.70. The van der Waals surface area contributed by atoms with Crippen LogP contribution in [0, 0.1) is 6.92 Å². The molecule has 2 aromatic heterocycles. The van der Waals surface area contributed by atoms with Crippen molar-refractivity contribution in [3.05, 3.63) is 42.5 Å². The van der Waals surface area contributed by atoms with E-state index in [-0.39, 0.29) is 0 Å². The summed E-state index contributed by atoms with van der Waals surface area (Å²) < 4.78 is 4.33. The predicted octanol–water partition coefficient (Wildman–Crippen LogP) is 1.15. The minimum Gasteiger partial charge on any atom is -0.260 e. The molecule has 0 fully saturated rings. The molecule has 2 heteroatoms. The molecule has 0 spiro atoms. The molecule has 3 rings (SSSR count). The fourth-order valence-electron chi connectivity index (χ4n) is 2.15. The lowest BCUT2D eigenvalue weighted by atomic mass is 10.2. The molecule has 0 unspecified atom stereocenters. The molecule has 0 radical (unpaired) electrons. The lowest BCUT2D eigenvalue weighted by molar-refractivity contribution is -0.725. The second-order valence-electron chi connectivity index (χ2n) is 3.80. The molecular formula is C12H12N2. The second kappa shape index (κ2) is 2.41. The zero-order valence-electron chi connectivity index (χ0n) is 8.36. The smallest absolute Gasteiger partial charge is 0.260 e. The third-order valence-electron chi connectivity index (χ3n) is 2.84. The predicted molar refractivity (Wildman–Crippen MR) is 54.2 cm³/mol. The van der Waals surface area contributed by atoms with Gasteiger partial charge in [-0.05, 0) is 6.92 Å². The molecule has 0 saturated carbocycles. The van der Waals surface area contributed by atoms with E-state index in [1.807, 2.05) is 0 Å². The number of rotatable bonds is 0. The maximum absolute atomic E-state index is 2.24. The van der Waals surface area contributed by atoms with Crippen molar-refractivity contribution in [1.29, 1.82) is 0 Å². The van der Waals surface area contributed by atoms with Crippen LogP contribution < -0.4 is 8.97 Å². The summed E-state index contributed by atoms with van der Waals surface area (Å²) in [6, 6.07) is 8.54. The van der Waals surface area contributed by atoms with Gasteiger partial charge in [0, 0.05) is 0 Å². The van der Waals surface area contributed by atoms with Crippen LogP contribution in [0.1, 0.15) is 5.69 Å². The molecule has 0 aliphatic heterocycles. The minimum absolute atomic E-state index is 1.29. The van der Waals surface area contributed by atoms with Crippen molar-refractivity contribution >= 4 is 16.3 Å². The van der Waals surface area contributed by atoms with E-state index in [4.69, 9.17) is 0 Å². The Balaban J connectivity index is 2.65. The summed E-state index contributed by atoms with van der Waals surface area (Å²) in [5, 5.41) is 2.69. The molecule has 70 valence electrons. The van der Waals surface area contributed by atoms with Crippen LogP contribution in [-0.2, 0) is 7.05 Å². The molecule has 0 aliphatic rings. The Kier molecular flexibility index (Phi) is 1.32. The number of imidazole rings is 1. The first-order valence-electron chi connectivity index (χ1n) is 4.79. The van der Waals surface area contributed by atoms with Crippen LogP contribution in [0.3, 0.4) is 0 Å². The second-order valence-corrected chi connectivity index (χ2v) is 3.80. The zero-order valence-corrected chi connectivity index (χ0v) is 8.36. The molecule has 0 aliphatic carbocycles. The van der Waals surface area contributed by atoms with E-state index in [1.54, 1.807) is 0 Å². The third-order valence-corrected chi connectivity index (χ3v) is 2.84. The van der Waals surface area contributed by atoms with Gasteiger partial charge in [-0.25, -0.2) is 4.40 Å². The number of hydrogen-bond acceptors (Lipinski definition) is 0. The van der Waals surface area contributed by atoms with Crippen LogP contribution in [0.4, 0.5) is 0 Å². The standard InChI is InChI=1S/C12H12N2/c1-9-10-5-3-4-6-11(10)12-7-13(2)8-14(9)12/h3-8H,1-2H3. The first-order valence-corrected chi connectivity index (χ1v) is 4.79. The molecule has 3 aromatic rings. The number of benzene rings is 1. The normalized spacial score (nSPS) is 11.6. The van der Waals surface area contributed by atoms with Gasteiger partial charge in [0.15, 0.2) is 0 Å². The van der Waals surface area contributed by atoms with E-state index in [0.29, 0.717) is 0 Å². The van der Waals surface area contributed by atoms with Gasteiger partial charge in [-0.1, -0.05) is 22.9 Å². The SMILES string of the molecule is C[c-]1c2ccccc2c2[cH-][n+](C)c[n+]21. The van der Waals surface area contributed by atoms with Crippen molar-refractivity contribution < 1.29 is 8.97 Å². The molecule has 0 atom stereocenters. The maximum atomic E-state index is 2.24. The lowest BCUT2D eigenvalue weighted by Gasteiger charge is -1.92. The van der Waals surface area contributed by atoms with Gasteiger partial charge in [0.2, 0.25) is 0 Å². The summed E-state index contributed by atoms with van der Waals surface area (Å²) >= 11 is 0. The van der Waals surface area contributed by atoms with Gasteiger partial charge in [0.25, 0.3) is 0 Å². The Morgan fingerprint density at radius 3 is 2.93 bits per heavy atom. The molecule has 0 N–H and O–H groups in total. The van der Waals surface area contributed by atoms with E-state index in [9.17, 15) is 0 Å². The summed E-state index contributed by atoms with van der Waals surface area (Å²) in [4.78, 5) is 0. The van der Waals surface area contributed by atoms with Gasteiger partial charge in [-0.15, -0.1) is 12.1 Å². The number of fused-ring (bicyclic) bond motifs is 3. The van der Waals surface area contributed by atoms with Gasteiger partial charge in [-0.3, -0.25) is 4.57 Å². The van der Waals surface area contributed by atoms with Gasteiger partial charge in [-0.2, -0.15) is 0 Å². The quantitative estimate of drug-likeness (QED) is 0.366. The molecule has 0 amide bonds. The summed E-state index contributed by atoms with van der Waals surface area (Å²) in [5.74, 6) is 0. The lowest BCUT2D eigenvalue weighted by Crippen LogP contribution is -2.29. The fraction of sp³-hybridized carbons (Fsp3) is 0.167. The largest absolute Gasteiger partial charge is 0.305 e. The maximum Gasteiger partial charge on any atom is 0.305 e. The Labute approximate surface area is 82.4 Å². The average molecular weight is 184 g/mol. The Bertz CT molecular complexity index is 614. The van der Waals surface area contributed by atoms with E-state index < -0.39 is 0 Å². The monoisotopic (exact) mass is 184 g/mol. The number of nitrogens with zero attached hydrogens (tertiary/aromatic N) is 2. The van der Waals surface area contributed by atoms with Crippen LogP contribution >= 0.6 is 0 Å². The third kappa shape index (κ3) is 0.803. The van der Waals surface area contributed by atoms with Gasteiger partial charge in [0.05, 0.1) is 0 Å². The van der Waals surface area contributed by atoms with Crippen LogP contribution in [0.25, 0.3) is 16.3 Å². The highest BCUT2D eigenvalue weighted by Gasteiger charge is 2.10. The van der Waals surface area contributed by atoms with Crippen LogP contribution in [-0.4, -0.2) is 0 Å². The Morgan fingerprint density at radius 2 is 2.07 bits per heavy atom. The van der Waals surface area contributed by atoms with E-state index >= 15 is 0 Å². The molecule has 2 heterocycles. The minimum atomic E-state index is 1.29. The summed E-state index contributed by atoms with van der Waals surface area (Å²) in [6.07, 6.45) is 4.28. The van der Waals surface area contributed by atoms with Crippen LogP contribution in [0.5, 0.6) is 0 Å². The van der Waals surface area contributed by atoms with E-state index in [1.165, 1.54) is 22.0 Å². The van der Waals surface area contributed by atoms with Gasteiger partial charge < -0.3 is 0 Å². The van der Waals surface area contributed by atoms with Crippen molar-refractivity contribution in [2.75, 3.05) is 0 Å². The van der Waals surface area contributed by atoms with Gasteiger partial charge in [0.1, 0.15) is 24.5 Å². The molecule has 0 bridgehead atoms. The highest BCUT2D eigenvalue weighted by Crippen LogP contribution is 2.20. The van der Waals surface area contributed by atoms with Crippen molar-refractivity contribution in [2.24, 2.45) is 7.05 Å². The topological polar surface area (TPSA) is 7.98 Å². The number of aryl methyl sites for hydroxylation is 2. The first-order chi connectivity index (χ1) is 6.77. The first kappa shape index (κ1) is 7.68. The van der Waals surface area contributed by atoms with Crippen molar-refractivity contribution in [3.8, 4) is 0 Å². The summed E-state index contributed by atoms with van der Waals surface area (Å²) in [5.41, 5.74) is 2.61.